The van der Waals surface area contributed by atoms with E-state index in [9.17, 15) is 9.59 Å². The molecule has 6 heteroatoms. The van der Waals surface area contributed by atoms with Crippen LogP contribution in [0.15, 0.2) is 90.1 Å². The van der Waals surface area contributed by atoms with Crippen LogP contribution in [0.5, 0.6) is 11.5 Å². The maximum atomic E-state index is 13.5. The number of rotatable bonds is 10. The Balaban J connectivity index is 1.50. The summed E-state index contributed by atoms with van der Waals surface area (Å²) in [5.41, 5.74) is 4.76. The van der Waals surface area contributed by atoms with Crippen LogP contribution in [0.25, 0.3) is 0 Å². The summed E-state index contributed by atoms with van der Waals surface area (Å²) < 4.78 is 11.6. The fourth-order valence-electron chi connectivity index (χ4n) is 4.48. The number of hydrogen-bond donors (Lipinski definition) is 1. The molecule has 0 aliphatic heterocycles. The summed E-state index contributed by atoms with van der Waals surface area (Å²) in [5, 5.41) is 2.75. The lowest BCUT2D eigenvalue weighted by molar-refractivity contribution is -0.127. The summed E-state index contributed by atoms with van der Waals surface area (Å²) in [7, 11) is 1.64. The average molecular weight is 499 g/mol. The van der Waals surface area contributed by atoms with E-state index in [-0.39, 0.29) is 11.8 Å². The molecule has 2 aliphatic carbocycles. The van der Waals surface area contributed by atoms with Crippen molar-refractivity contribution in [3.8, 4) is 11.5 Å². The van der Waals surface area contributed by atoms with Crippen LogP contribution in [0, 0.1) is 0 Å². The van der Waals surface area contributed by atoms with Crippen LogP contribution in [-0.2, 0) is 22.7 Å². The third kappa shape index (κ3) is 7.46. The van der Waals surface area contributed by atoms with Gasteiger partial charge in [-0.2, -0.15) is 0 Å². The number of benzene rings is 2. The summed E-state index contributed by atoms with van der Waals surface area (Å²) in [5.74, 6) is 1.40. The van der Waals surface area contributed by atoms with Gasteiger partial charge in [0.2, 0.25) is 11.8 Å². The van der Waals surface area contributed by atoms with Crippen molar-refractivity contribution in [2.75, 3.05) is 19.0 Å². The Morgan fingerprint density at radius 3 is 2.35 bits per heavy atom. The number of methoxy groups -OCH3 is 1. The summed E-state index contributed by atoms with van der Waals surface area (Å²) in [4.78, 5) is 26.7. The van der Waals surface area contributed by atoms with E-state index >= 15 is 0 Å². The molecule has 2 amide bonds. The largest absolute Gasteiger partial charge is 0.496 e. The number of allylic oxidation sites excluding steroid dienone is 6. The highest BCUT2D eigenvalue weighted by atomic mass is 16.5. The van der Waals surface area contributed by atoms with Crippen LogP contribution in [0.2, 0.25) is 0 Å². The third-order valence-electron chi connectivity index (χ3n) is 6.36. The van der Waals surface area contributed by atoms with Crippen LogP contribution in [0.4, 0.5) is 5.69 Å². The molecule has 37 heavy (non-hydrogen) atoms. The molecule has 0 atom stereocenters. The van der Waals surface area contributed by atoms with Crippen molar-refractivity contribution in [1.29, 1.82) is 0 Å². The van der Waals surface area contributed by atoms with Crippen LogP contribution in [-0.4, -0.2) is 30.4 Å². The number of anilines is 1. The highest BCUT2D eigenvalue weighted by Gasteiger charge is 2.21. The minimum Gasteiger partial charge on any atom is -0.496 e. The summed E-state index contributed by atoms with van der Waals surface area (Å²) in [6, 6.07) is 13.2. The normalized spacial score (nSPS) is 14.4. The lowest BCUT2D eigenvalue weighted by Gasteiger charge is -2.27. The average Bonchev–Trinajstić information content (AvgIpc) is 2.93. The standard InChI is InChI=1S/C31H34N2O4/c1-23(34)32-28-14-16-29(17-15-28)37-22-27-19-25(13-18-30(27)36-2)21-33(20-24-9-5-3-6-10-24)31(35)26-11-7-4-8-12-26/h3-5,7,9,11,13-19H,6,8,10,12,20-22H2,1-2H3,(H,32,34). The van der Waals surface area contributed by atoms with Crippen molar-refractivity contribution in [1.82, 2.24) is 4.90 Å². The van der Waals surface area contributed by atoms with Gasteiger partial charge in [-0.15, -0.1) is 0 Å². The zero-order valence-electron chi connectivity index (χ0n) is 21.5. The van der Waals surface area contributed by atoms with Gasteiger partial charge in [0.25, 0.3) is 0 Å². The van der Waals surface area contributed by atoms with Gasteiger partial charge in [0.15, 0.2) is 0 Å². The van der Waals surface area contributed by atoms with Crippen molar-refractivity contribution >= 4 is 17.5 Å². The van der Waals surface area contributed by atoms with Crippen molar-refractivity contribution in [3.63, 3.8) is 0 Å². The Kier molecular flexibility index (Phi) is 8.98. The molecular formula is C31H34N2O4. The van der Waals surface area contributed by atoms with Gasteiger partial charge in [0.05, 0.1) is 7.11 Å². The molecule has 1 N–H and O–H groups in total. The first kappa shape index (κ1) is 26.0. The molecule has 192 valence electrons. The molecule has 2 aromatic carbocycles. The van der Waals surface area contributed by atoms with Crippen LogP contribution in [0.3, 0.4) is 0 Å². The molecule has 0 aromatic heterocycles. The van der Waals surface area contributed by atoms with Gasteiger partial charge in [-0.1, -0.05) is 48.1 Å². The van der Waals surface area contributed by atoms with E-state index in [2.05, 4.69) is 35.7 Å². The van der Waals surface area contributed by atoms with Gasteiger partial charge >= 0.3 is 0 Å². The lowest BCUT2D eigenvalue weighted by atomic mass is 10.0. The number of nitrogens with one attached hydrogen (secondary N) is 1. The third-order valence-corrected chi connectivity index (χ3v) is 6.36. The number of ether oxygens (including phenoxy) is 2. The molecule has 0 saturated heterocycles. The summed E-state index contributed by atoms with van der Waals surface area (Å²) in [6.07, 6.45) is 16.0. The first-order valence-electron chi connectivity index (χ1n) is 12.7. The van der Waals surface area contributed by atoms with Crippen molar-refractivity contribution < 1.29 is 19.1 Å². The number of carbonyl (C=O) groups excluding carboxylic acids is 2. The Labute approximate surface area is 219 Å². The van der Waals surface area contributed by atoms with Gasteiger partial charge in [-0.05, 0) is 67.6 Å². The summed E-state index contributed by atoms with van der Waals surface area (Å²) >= 11 is 0. The highest BCUT2D eigenvalue weighted by Crippen LogP contribution is 2.26. The van der Waals surface area contributed by atoms with Crippen molar-refractivity contribution in [3.05, 3.63) is 101 Å². The number of nitrogens with zero attached hydrogens (tertiary/aromatic N) is 1. The van der Waals surface area contributed by atoms with E-state index in [0.29, 0.717) is 25.4 Å². The Morgan fingerprint density at radius 2 is 1.70 bits per heavy atom. The molecule has 0 spiro atoms. The fraction of sp³-hybridized carbons (Fsp3) is 0.290. The molecule has 0 radical (unpaired) electrons. The molecule has 0 fully saturated rings. The minimum absolute atomic E-state index is 0.0904. The Morgan fingerprint density at radius 1 is 0.946 bits per heavy atom. The zero-order chi connectivity index (χ0) is 26.0. The monoisotopic (exact) mass is 498 g/mol. The first-order valence-corrected chi connectivity index (χ1v) is 12.7. The van der Waals surface area contributed by atoms with Crippen LogP contribution < -0.4 is 14.8 Å². The van der Waals surface area contributed by atoms with Gasteiger partial charge in [-0.25, -0.2) is 0 Å². The molecular weight excluding hydrogens is 464 g/mol. The van der Waals surface area contributed by atoms with E-state index in [1.165, 1.54) is 12.5 Å². The van der Waals surface area contributed by atoms with Crippen molar-refractivity contribution in [2.24, 2.45) is 0 Å². The number of carbonyl (C=O) groups is 2. The molecule has 0 bridgehead atoms. The second kappa shape index (κ2) is 12.8. The molecule has 6 nitrogen and oxygen atoms in total. The second-order valence-corrected chi connectivity index (χ2v) is 9.25. The molecule has 0 heterocycles. The molecule has 0 unspecified atom stereocenters. The first-order chi connectivity index (χ1) is 18.0. The maximum Gasteiger partial charge on any atom is 0.250 e. The quantitative estimate of drug-likeness (QED) is 0.429. The lowest BCUT2D eigenvalue weighted by Crippen LogP contribution is -2.34. The Bertz CT molecular complexity index is 1240. The van der Waals surface area contributed by atoms with Crippen LogP contribution in [0.1, 0.15) is 43.7 Å². The molecule has 2 aliphatic rings. The van der Waals surface area contributed by atoms with Gasteiger partial charge in [0, 0.05) is 36.8 Å². The van der Waals surface area contributed by atoms with Crippen molar-refractivity contribution in [2.45, 2.75) is 45.8 Å². The smallest absolute Gasteiger partial charge is 0.250 e. The predicted molar refractivity (Wildman–Crippen MR) is 146 cm³/mol. The highest BCUT2D eigenvalue weighted by molar-refractivity contribution is 5.94. The zero-order valence-corrected chi connectivity index (χ0v) is 21.5. The van der Waals surface area contributed by atoms with Gasteiger partial charge in [0.1, 0.15) is 18.1 Å². The van der Waals surface area contributed by atoms with E-state index in [0.717, 1.165) is 53.8 Å². The minimum atomic E-state index is -0.116. The fourth-order valence-corrected chi connectivity index (χ4v) is 4.48. The SMILES string of the molecule is COc1ccc(CN(CC2=CC=CCC2)C(=O)C2=CC=CCC2)cc1COc1ccc(NC(C)=O)cc1. The maximum absolute atomic E-state index is 13.5. The molecule has 2 aromatic rings. The summed E-state index contributed by atoms with van der Waals surface area (Å²) in [6.45, 7) is 2.91. The van der Waals surface area contributed by atoms with Gasteiger partial charge in [-0.3, -0.25) is 9.59 Å². The Hall–Kier alpha value is -4.06. The molecule has 0 saturated carbocycles. The van der Waals surface area contributed by atoms with E-state index in [1.807, 2.05) is 41.3 Å². The number of hydrogen-bond acceptors (Lipinski definition) is 4. The van der Waals surface area contributed by atoms with Gasteiger partial charge < -0.3 is 19.7 Å². The van der Waals surface area contributed by atoms with E-state index in [4.69, 9.17) is 9.47 Å². The molecule has 4 rings (SSSR count). The van der Waals surface area contributed by atoms with E-state index in [1.54, 1.807) is 19.2 Å². The predicted octanol–water partition coefficient (Wildman–Crippen LogP) is 6.11. The number of amides is 2. The topological polar surface area (TPSA) is 67.9 Å². The van der Waals surface area contributed by atoms with Crippen LogP contribution >= 0.6 is 0 Å². The van der Waals surface area contributed by atoms with E-state index < -0.39 is 0 Å². The second-order valence-electron chi connectivity index (χ2n) is 9.25.